The third-order valence-corrected chi connectivity index (χ3v) is 5.99. The van der Waals surface area contributed by atoms with Crippen LogP contribution >= 0.6 is 24.0 Å². The van der Waals surface area contributed by atoms with E-state index in [-0.39, 0.29) is 36.4 Å². The number of guanidine groups is 1. The minimum absolute atomic E-state index is 0. The van der Waals surface area contributed by atoms with Crippen molar-refractivity contribution in [2.24, 2.45) is 16.8 Å². The van der Waals surface area contributed by atoms with Gasteiger partial charge >= 0.3 is 0 Å². The van der Waals surface area contributed by atoms with E-state index in [1.54, 1.807) is 26.1 Å². The smallest absolute Gasteiger partial charge is 0.243 e. The number of nitrogens with zero attached hydrogens (tertiary/aromatic N) is 3. The molecule has 1 aliphatic carbocycles. The van der Waals surface area contributed by atoms with E-state index in [0.717, 1.165) is 49.6 Å². The first-order valence-electron chi connectivity index (χ1n) is 10.4. The minimum Gasteiger partial charge on any atom is -0.497 e. The SMILES string of the molecule is COc1ccc(CCNC(=NCC(=O)N(C)C)N2CC3CCCCC3C2)cc1.I. The number of nitrogens with one attached hydrogen (secondary N) is 1. The monoisotopic (exact) mass is 514 g/mol. The van der Waals surface area contributed by atoms with Crippen molar-refractivity contribution in [3.05, 3.63) is 29.8 Å². The molecule has 0 spiro atoms. The maximum absolute atomic E-state index is 12.0. The highest BCUT2D eigenvalue weighted by molar-refractivity contribution is 14.0. The first-order valence-corrected chi connectivity index (χ1v) is 10.4. The van der Waals surface area contributed by atoms with Gasteiger partial charge in [-0.25, -0.2) is 4.99 Å². The van der Waals surface area contributed by atoms with Crippen LogP contribution in [0.15, 0.2) is 29.3 Å². The second kappa shape index (κ2) is 11.6. The van der Waals surface area contributed by atoms with Crippen LogP contribution in [0, 0.1) is 11.8 Å². The summed E-state index contributed by atoms with van der Waals surface area (Å²) in [5.41, 5.74) is 1.26. The molecule has 2 aliphatic rings. The fourth-order valence-electron chi connectivity index (χ4n) is 4.24. The number of carbonyl (C=O) groups is 1. The molecule has 29 heavy (non-hydrogen) atoms. The summed E-state index contributed by atoms with van der Waals surface area (Å²) in [6, 6.07) is 8.17. The van der Waals surface area contributed by atoms with Crippen LogP contribution in [0.2, 0.25) is 0 Å². The molecule has 1 amide bonds. The Morgan fingerprint density at radius 1 is 1.17 bits per heavy atom. The second-order valence-corrected chi connectivity index (χ2v) is 8.16. The molecule has 1 aromatic rings. The molecule has 7 heteroatoms. The number of halogens is 1. The molecule has 1 aromatic carbocycles. The molecule has 1 heterocycles. The maximum atomic E-state index is 12.0. The van der Waals surface area contributed by atoms with Crippen molar-refractivity contribution >= 4 is 35.8 Å². The Labute approximate surface area is 192 Å². The van der Waals surface area contributed by atoms with Crippen molar-refractivity contribution in [2.75, 3.05) is 47.4 Å². The average molecular weight is 514 g/mol. The number of aliphatic imine (C=N–C) groups is 1. The third kappa shape index (κ3) is 6.76. The van der Waals surface area contributed by atoms with Crippen molar-refractivity contribution < 1.29 is 9.53 Å². The van der Waals surface area contributed by atoms with Crippen LogP contribution in [0.3, 0.4) is 0 Å². The van der Waals surface area contributed by atoms with E-state index < -0.39 is 0 Å². The van der Waals surface area contributed by atoms with Gasteiger partial charge in [0, 0.05) is 33.7 Å². The highest BCUT2D eigenvalue weighted by Crippen LogP contribution is 2.35. The maximum Gasteiger partial charge on any atom is 0.243 e. The zero-order chi connectivity index (χ0) is 19.9. The molecule has 162 valence electrons. The van der Waals surface area contributed by atoms with Crippen LogP contribution in [0.4, 0.5) is 0 Å². The predicted molar refractivity (Wildman–Crippen MR) is 128 cm³/mol. The third-order valence-electron chi connectivity index (χ3n) is 5.99. The topological polar surface area (TPSA) is 57.2 Å². The molecule has 3 rings (SSSR count). The molecule has 1 N–H and O–H groups in total. The molecule has 1 aliphatic heterocycles. The Kier molecular flexibility index (Phi) is 9.52. The number of likely N-dealkylation sites (N-methyl/N-ethyl adjacent to an activating group) is 1. The lowest BCUT2D eigenvalue weighted by Gasteiger charge is -2.22. The van der Waals surface area contributed by atoms with E-state index in [4.69, 9.17) is 4.74 Å². The second-order valence-electron chi connectivity index (χ2n) is 8.16. The van der Waals surface area contributed by atoms with Gasteiger partial charge < -0.3 is 19.9 Å². The number of benzene rings is 1. The summed E-state index contributed by atoms with van der Waals surface area (Å²) in [6.07, 6.45) is 6.27. The fraction of sp³-hybridized carbons (Fsp3) is 0.636. The van der Waals surface area contributed by atoms with Crippen molar-refractivity contribution in [2.45, 2.75) is 32.1 Å². The van der Waals surface area contributed by atoms with Crippen LogP contribution in [0.1, 0.15) is 31.2 Å². The number of fused-ring (bicyclic) bond motifs is 1. The van der Waals surface area contributed by atoms with Gasteiger partial charge in [-0.15, -0.1) is 24.0 Å². The average Bonchev–Trinajstić information content (AvgIpc) is 3.14. The normalized spacial score (nSPS) is 21.2. The van der Waals surface area contributed by atoms with E-state index in [9.17, 15) is 4.79 Å². The summed E-state index contributed by atoms with van der Waals surface area (Å²) >= 11 is 0. The molecule has 2 fully saturated rings. The molecule has 0 radical (unpaired) electrons. The van der Waals surface area contributed by atoms with Gasteiger partial charge in [-0.2, -0.15) is 0 Å². The fourth-order valence-corrected chi connectivity index (χ4v) is 4.24. The Bertz CT molecular complexity index is 664. The van der Waals surface area contributed by atoms with Crippen molar-refractivity contribution in [3.63, 3.8) is 0 Å². The number of methoxy groups -OCH3 is 1. The van der Waals surface area contributed by atoms with E-state index >= 15 is 0 Å². The van der Waals surface area contributed by atoms with Crippen molar-refractivity contribution in [1.82, 2.24) is 15.1 Å². The molecule has 1 saturated heterocycles. The Morgan fingerprint density at radius 2 is 1.79 bits per heavy atom. The van der Waals surface area contributed by atoms with E-state index in [0.29, 0.717) is 0 Å². The standard InChI is InChI=1S/C22H34N4O2.HI/c1-25(2)21(27)14-24-22(26-15-18-6-4-5-7-19(18)16-26)23-13-12-17-8-10-20(28-3)11-9-17;/h8-11,18-19H,4-7,12-16H2,1-3H3,(H,23,24);1H. The van der Waals surface area contributed by atoms with Crippen LogP contribution in [0.5, 0.6) is 5.75 Å². The lowest BCUT2D eigenvalue weighted by molar-refractivity contribution is -0.127. The van der Waals surface area contributed by atoms with Gasteiger partial charge in [0.05, 0.1) is 7.11 Å². The number of likely N-dealkylation sites (tertiary alicyclic amines) is 1. The first kappa shape index (κ1) is 23.8. The zero-order valence-electron chi connectivity index (χ0n) is 17.9. The van der Waals surface area contributed by atoms with E-state index in [1.165, 1.54) is 31.2 Å². The van der Waals surface area contributed by atoms with Crippen LogP contribution < -0.4 is 10.1 Å². The molecule has 2 atom stereocenters. The Morgan fingerprint density at radius 3 is 2.34 bits per heavy atom. The zero-order valence-corrected chi connectivity index (χ0v) is 20.2. The lowest BCUT2D eigenvalue weighted by atomic mass is 9.82. The quantitative estimate of drug-likeness (QED) is 0.361. The summed E-state index contributed by atoms with van der Waals surface area (Å²) in [5.74, 6) is 3.36. The van der Waals surface area contributed by atoms with Crippen LogP contribution in [-0.4, -0.2) is 69.1 Å². The van der Waals surface area contributed by atoms with Crippen LogP contribution in [-0.2, 0) is 11.2 Å². The molecule has 1 saturated carbocycles. The highest BCUT2D eigenvalue weighted by atomic mass is 127. The Hall–Kier alpha value is -1.51. The Balaban J connectivity index is 0.00000300. The number of rotatable bonds is 6. The minimum atomic E-state index is 0. The first-order chi connectivity index (χ1) is 13.6. The summed E-state index contributed by atoms with van der Waals surface area (Å²) in [5, 5.41) is 3.52. The van der Waals surface area contributed by atoms with E-state index in [1.807, 2.05) is 12.1 Å². The highest BCUT2D eigenvalue weighted by Gasteiger charge is 2.35. The van der Waals surface area contributed by atoms with Gasteiger partial charge in [0.25, 0.3) is 0 Å². The van der Waals surface area contributed by atoms with Crippen molar-refractivity contribution in [3.8, 4) is 5.75 Å². The molecule has 6 nitrogen and oxygen atoms in total. The number of ether oxygens (including phenoxy) is 1. The van der Waals surface area contributed by atoms with Crippen molar-refractivity contribution in [1.29, 1.82) is 0 Å². The van der Waals surface area contributed by atoms with Crippen LogP contribution in [0.25, 0.3) is 0 Å². The van der Waals surface area contributed by atoms with Gasteiger partial charge in [-0.05, 0) is 48.8 Å². The van der Waals surface area contributed by atoms with Gasteiger partial charge in [0.1, 0.15) is 12.3 Å². The summed E-state index contributed by atoms with van der Waals surface area (Å²) in [7, 11) is 5.24. The van der Waals surface area contributed by atoms with Gasteiger partial charge in [0.15, 0.2) is 5.96 Å². The van der Waals surface area contributed by atoms with Gasteiger partial charge in [0.2, 0.25) is 5.91 Å². The number of amides is 1. The van der Waals surface area contributed by atoms with Gasteiger partial charge in [-0.1, -0.05) is 25.0 Å². The molecular formula is C22H35IN4O2. The van der Waals surface area contributed by atoms with Gasteiger partial charge in [-0.3, -0.25) is 4.79 Å². The number of carbonyl (C=O) groups excluding carboxylic acids is 1. The summed E-state index contributed by atoms with van der Waals surface area (Å²) in [4.78, 5) is 20.7. The molecule has 0 bridgehead atoms. The molecular weight excluding hydrogens is 479 g/mol. The lowest BCUT2D eigenvalue weighted by Crippen LogP contribution is -2.42. The largest absolute Gasteiger partial charge is 0.497 e. The number of hydrogen-bond donors (Lipinski definition) is 1. The van der Waals surface area contributed by atoms with E-state index in [2.05, 4.69) is 27.3 Å². The summed E-state index contributed by atoms with van der Waals surface area (Å²) in [6.45, 7) is 3.13. The summed E-state index contributed by atoms with van der Waals surface area (Å²) < 4.78 is 5.22. The molecule has 2 unspecified atom stereocenters. The molecule has 0 aromatic heterocycles. The number of hydrogen-bond acceptors (Lipinski definition) is 3. The predicted octanol–water partition coefficient (Wildman–Crippen LogP) is 3.01.